The molecule has 90 valence electrons. The molecule has 0 aliphatic carbocycles. The highest BCUT2D eigenvalue weighted by atomic mass is 15.1. The first-order valence-electron chi connectivity index (χ1n) is 6.32. The van der Waals surface area contributed by atoms with Crippen LogP contribution in [-0.2, 0) is 0 Å². The lowest BCUT2D eigenvalue weighted by Crippen LogP contribution is -2.33. The lowest BCUT2D eigenvalue weighted by Gasteiger charge is -2.26. The first-order valence-corrected chi connectivity index (χ1v) is 6.32. The van der Waals surface area contributed by atoms with Gasteiger partial charge in [0.1, 0.15) is 0 Å². The molecule has 0 unspecified atom stereocenters. The van der Waals surface area contributed by atoms with Gasteiger partial charge in [-0.25, -0.2) is 0 Å². The van der Waals surface area contributed by atoms with Crippen LogP contribution in [0.2, 0.25) is 0 Å². The summed E-state index contributed by atoms with van der Waals surface area (Å²) in [7, 11) is 0. The fraction of sp³-hybridized carbons (Fsp3) is 1.00. The zero-order chi connectivity index (χ0) is 12.1. The molecule has 1 nitrogen and oxygen atoms in total. The van der Waals surface area contributed by atoms with Crippen LogP contribution in [0, 0.1) is 5.92 Å². The van der Waals surface area contributed by atoms with Gasteiger partial charge in [0, 0.05) is 12.6 Å². The fourth-order valence-electron chi connectivity index (χ4n) is 1.17. The van der Waals surface area contributed by atoms with E-state index in [0.29, 0.717) is 6.04 Å². The molecule has 0 rings (SSSR count). The average Bonchev–Trinajstić information content (AvgIpc) is 2.19. The Hall–Kier alpha value is -0.0400. The van der Waals surface area contributed by atoms with Crippen molar-refractivity contribution >= 4 is 0 Å². The van der Waals surface area contributed by atoms with Crippen molar-refractivity contribution in [3.05, 3.63) is 0 Å². The van der Waals surface area contributed by atoms with Crippen molar-refractivity contribution < 1.29 is 0 Å². The molecule has 0 bridgehead atoms. The molecule has 0 saturated carbocycles. The van der Waals surface area contributed by atoms with Crippen LogP contribution in [0.4, 0.5) is 0 Å². The second-order valence-corrected chi connectivity index (χ2v) is 3.58. The van der Waals surface area contributed by atoms with Gasteiger partial charge in [-0.2, -0.15) is 0 Å². The van der Waals surface area contributed by atoms with Gasteiger partial charge in [0.15, 0.2) is 0 Å². The highest BCUT2D eigenvalue weighted by Crippen LogP contribution is 2.02. The zero-order valence-corrected chi connectivity index (χ0v) is 12.0. The van der Waals surface area contributed by atoms with Gasteiger partial charge >= 0.3 is 0 Å². The summed E-state index contributed by atoms with van der Waals surface area (Å²) >= 11 is 0. The molecular weight excluding hydrogens is 170 g/mol. The quantitative estimate of drug-likeness (QED) is 0.653. The monoisotopic (exact) mass is 203 g/mol. The molecule has 0 aliphatic heterocycles. The van der Waals surface area contributed by atoms with E-state index in [9.17, 15) is 0 Å². The first kappa shape index (κ1) is 19.5. The summed E-state index contributed by atoms with van der Waals surface area (Å²) in [4.78, 5) is 2.49. The summed E-state index contributed by atoms with van der Waals surface area (Å²) in [5.41, 5.74) is 0. The SMILES string of the molecule is CC.CC.CCN(CC(C)C)C(C)C. The highest BCUT2D eigenvalue weighted by molar-refractivity contribution is 4.61. The second kappa shape index (κ2) is 15.4. The fourth-order valence-corrected chi connectivity index (χ4v) is 1.17. The predicted molar refractivity (Wildman–Crippen MR) is 69.9 cm³/mol. The van der Waals surface area contributed by atoms with Gasteiger partial charge in [-0.1, -0.05) is 48.5 Å². The Balaban J connectivity index is -0.000000266. The van der Waals surface area contributed by atoms with Crippen molar-refractivity contribution in [1.29, 1.82) is 0 Å². The van der Waals surface area contributed by atoms with Gasteiger partial charge in [-0.15, -0.1) is 0 Å². The van der Waals surface area contributed by atoms with Crippen molar-refractivity contribution in [1.82, 2.24) is 4.90 Å². The van der Waals surface area contributed by atoms with Crippen LogP contribution in [0.25, 0.3) is 0 Å². The summed E-state index contributed by atoms with van der Waals surface area (Å²) in [6.07, 6.45) is 0. The van der Waals surface area contributed by atoms with Crippen LogP contribution in [0.15, 0.2) is 0 Å². The van der Waals surface area contributed by atoms with Crippen LogP contribution in [0.1, 0.15) is 62.3 Å². The number of hydrogen-bond donors (Lipinski definition) is 0. The molecular formula is C13H33N. The molecule has 0 aromatic heterocycles. The van der Waals surface area contributed by atoms with Gasteiger partial charge in [0.25, 0.3) is 0 Å². The maximum atomic E-state index is 2.49. The van der Waals surface area contributed by atoms with E-state index in [-0.39, 0.29) is 0 Å². The van der Waals surface area contributed by atoms with Crippen molar-refractivity contribution in [3.8, 4) is 0 Å². The minimum atomic E-state index is 0.701. The second-order valence-electron chi connectivity index (χ2n) is 3.58. The summed E-state index contributed by atoms with van der Waals surface area (Å²) < 4.78 is 0. The lowest BCUT2D eigenvalue weighted by atomic mass is 10.2. The number of hydrogen-bond acceptors (Lipinski definition) is 1. The predicted octanol–water partition coefficient (Wildman–Crippen LogP) is 4.43. The molecule has 0 amide bonds. The molecule has 0 fully saturated rings. The van der Waals surface area contributed by atoms with Crippen LogP contribution < -0.4 is 0 Å². The lowest BCUT2D eigenvalue weighted by molar-refractivity contribution is 0.208. The smallest absolute Gasteiger partial charge is 0.00385 e. The Labute approximate surface area is 92.9 Å². The van der Waals surface area contributed by atoms with Gasteiger partial charge in [-0.3, -0.25) is 0 Å². The van der Waals surface area contributed by atoms with Gasteiger partial charge < -0.3 is 4.90 Å². The Morgan fingerprint density at radius 2 is 1.21 bits per heavy atom. The van der Waals surface area contributed by atoms with E-state index in [2.05, 4.69) is 39.5 Å². The van der Waals surface area contributed by atoms with Crippen LogP contribution in [-0.4, -0.2) is 24.0 Å². The third kappa shape index (κ3) is 14.5. The van der Waals surface area contributed by atoms with E-state index >= 15 is 0 Å². The van der Waals surface area contributed by atoms with Crippen molar-refractivity contribution in [2.45, 2.75) is 68.4 Å². The molecule has 0 N–H and O–H groups in total. The first-order chi connectivity index (χ1) is 6.57. The minimum Gasteiger partial charge on any atom is -0.301 e. The van der Waals surface area contributed by atoms with E-state index in [1.165, 1.54) is 13.1 Å². The molecule has 0 saturated heterocycles. The Bertz CT molecular complexity index is 77.3. The van der Waals surface area contributed by atoms with E-state index in [0.717, 1.165) is 5.92 Å². The highest BCUT2D eigenvalue weighted by Gasteiger charge is 2.07. The van der Waals surface area contributed by atoms with E-state index in [4.69, 9.17) is 0 Å². The summed E-state index contributed by atoms with van der Waals surface area (Å²) in [6, 6.07) is 0.701. The normalized spacial score (nSPS) is 9.43. The third-order valence-corrected chi connectivity index (χ3v) is 1.74. The molecule has 0 aromatic carbocycles. The molecule has 0 radical (unpaired) electrons. The largest absolute Gasteiger partial charge is 0.301 e. The van der Waals surface area contributed by atoms with Crippen LogP contribution in [0.3, 0.4) is 0 Å². The Morgan fingerprint density at radius 3 is 1.29 bits per heavy atom. The molecule has 0 aliphatic rings. The van der Waals surface area contributed by atoms with Crippen LogP contribution in [0.5, 0.6) is 0 Å². The van der Waals surface area contributed by atoms with Gasteiger partial charge in [0.2, 0.25) is 0 Å². The number of nitrogens with zero attached hydrogens (tertiary/aromatic N) is 1. The summed E-state index contributed by atoms with van der Waals surface area (Å²) in [5.74, 6) is 0.794. The third-order valence-electron chi connectivity index (χ3n) is 1.74. The van der Waals surface area contributed by atoms with E-state index in [1.807, 2.05) is 27.7 Å². The zero-order valence-electron chi connectivity index (χ0n) is 12.0. The maximum absolute atomic E-state index is 2.49. The molecule has 0 spiro atoms. The number of rotatable bonds is 4. The van der Waals surface area contributed by atoms with Gasteiger partial charge in [-0.05, 0) is 26.3 Å². The van der Waals surface area contributed by atoms with Crippen LogP contribution >= 0.6 is 0 Å². The Kier molecular flexibility index (Phi) is 21.5. The summed E-state index contributed by atoms with van der Waals surface area (Å²) in [5, 5.41) is 0. The molecule has 0 heterocycles. The van der Waals surface area contributed by atoms with E-state index < -0.39 is 0 Å². The maximum Gasteiger partial charge on any atom is 0.00385 e. The van der Waals surface area contributed by atoms with Crippen molar-refractivity contribution in [3.63, 3.8) is 0 Å². The molecule has 0 aromatic rings. The summed E-state index contributed by atoms with van der Waals surface area (Å²) in [6.45, 7) is 21.7. The molecule has 14 heavy (non-hydrogen) atoms. The Morgan fingerprint density at radius 1 is 0.857 bits per heavy atom. The van der Waals surface area contributed by atoms with Crippen molar-refractivity contribution in [2.75, 3.05) is 13.1 Å². The average molecular weight is 203 g/mol. The topological polar surface area (TPSA) is 3.24 Å². The molecule has 0 atom stereocenters. The molecule has 1 heteroatoms. The van der Waals surface area contributed by atoms with E-state index in [1.54, 1.807) is 0 Å². The standard InChI is InChI=1S/C9H21N.2C2H6/c1-6-10(9(4)5)7-8(2)3;2*1-2/h8-9H,6-7H2,1-5H3;2*1-2H3. The van der Waals surface area contributed by atoms with Gasteiger partial charge in [0.05, 0.1) is 0 Å². The minimum absolute atomic E-state index is 0.701. The van der Waals surface area contributed by atoms with Crippen molar-refractivity contribution in [2.24, 2.45) is 5.92 Å².